The third kappa shape index (κ3) is 3.36. The fourth-order valence-electron chi connectivity index (χ4n) is 0.980. The van der Waals surface area contributed by atoms with Crippen LogP contribution in [0.3, 0.4) is 0 Å². The molecular formula is C10H12ClN2O. The van der Waals surface area contributed by atoms with Crippen molar-refractivity contribution in [1.29, 1.82) is 0 Å². The van der Waals surface area contributed by atoms with Crippen molar-refractivity contribution >= 4 is 17.5 Å². The van der Waals surface area contributed by atoms with Gasteiger partial charge in [-0.2, -0.15) is 0 Å². The fraction of sp³-hybridized carbons (Fsp3) is 0.200. The van der Waals surface area contributed by atoms with Gasteiger partial charge < -0.3 is 11.1 Å². The van der Waals surface area contributed by atoms with Crippen LogP contribution >= 0.6 is 11.6 Å². The molecule has 0 heterocycles. The zero-order chi connectivity index (χ0) is 10.4. The third-order valence-electron chi connectivity index (χ3n) is 1.64. The van der Waals surface area contributed by atoms with E-state index in [1.165, 1.54) is 6.42 Å². The summed E-state index contributed by atoms with van der Waals surface area (Å²) in [4.78, 5) is 11.2. The van der Waals surface area contributed by atoms with Gasteiger partial charge in [-0.25, -0.2) is 0 Å². The highest BCUT2D eigenvalue weighted by atomic mass is 35.5. The number of halogens is 1. The van der Waals surface area contributed by atoms with Gasteiger partial charge in [0.2, 0.25) is 5.91 Å². The monoisotopic (exact) mass is 211 g/mol. The van der Waals surface area contributed by atoms with Gasteiger partial charge in [0.15, 0.2) is 0 Å². The maximum Gasteiger partial charge on any atom is 0.228 e. The normalized spacial score (nSPS) is 9.86. The minimum atomic E-state index is -0.177. The van der Waals surface area contributed by atoms with Crippen molar-refractivity contribution in [2.45, 2.75) is 0 Å². The van der Waals surface area contributed by atoms with Crippen LogP contribution in [0.25, 0.3) is 0 Å². The Morgan fingerprint density at radius 2 is 2.21 bits per heavy atom. The second kappa shape index (κ2) is 5.62. The van der Waals surface area contributed by atoms with E-state index >= 15 is 0 Å². The van der Waals surface area contributed by atoms with Gasteiger partial charge in [0, 0.05) is 18.1 Å². The number of carbonyl (C=O) groups is 1. The number of hydrogen-bond donors (Lipinski definition) is 2. The number of rotatable bonds is 4. The van der Waals surface area contributed by atoms with Gasteiger partial charge in [0.05, 0.1) is 6.42 Å². The second-order valence-electron chi connectivity index (χ2n) is 2.75. The standard InChI is InChI=1S/C10H12ClN2O/c11-9-4-2-1-3-8(9)7-10(14)13-6-5-12/h1-4,7H,5-6,12H2,(H,13,14). The van der Waals surface area contributed by atoms with E-state index in [1.54, 1.807) is 12.1 Å². The minimum Gasteiger partial charge on any atom is -0.354 e. The molecule has 3 N–H and O–H groups in total. The van der Waals surface area contributed by atoms with Crippen LogP contribution in [-0.2, 0) is 4.79 Å². The average molecular weight is 212 g/mol. The number of nitrogens with one attached hydrogen (secondary N) is 1. The zero-order valence-corrected chi connectivity index (χ0v) is 8.42. The summed E-state index contributed by atoms with van der Waals surface area (Å²) in [5, 5.41) is 3.20. The topological polar surface area (TPSA) is 55.1 Å². The molecule has 0 aromatic heterocycles. The van der Waals surface area contributed by atoms with Crippen LogP contribution in [0.4, 0.5) is 0 Å². The lowest BCUT2D eigenvalue weighted by Crippen LogP contribution is -2.29. The molecule has 0 spiro atoms. The molecule has 0 saturated carbocycles. The summed E-state index contributed by atoms with van der Waals surface area (Å²) < 4.78 is 0. The summed E-state index contributed by atoms with van der Waals surface area (Å²) in [6.07, 6.45) is 1.46. The van der Waals surface area contributed by atoms with Crippen LogP contribution in [0.2, 0.25) is 5.02 Å². The predicted octanol–water partition coefficient (Wildman–Crippen LogP) is 0.967. The van der Waals surface area contributed by atoms with E-state index in [1.807, 2.05) is 12.1 Å². The predicted molar refractivity (Wildman–Crippen MR) is 56.9 cm³/mol. The third-order valence-corrected chi connectivity index (χ3v) is 1.98. The number of nitrogens with two attached hydrogens (primary N) is 1. The lowest BCUT2D eigenvalue weighted by Gasteiger charge is -2.04. The van der Waals surface area contributed by atoms with Crippen LogP contribution in [-0.4, -0.2) is 19.0 Å². The lowest BCUT2D eigenvalue weighted by atomic mass is 10.1. The molecule has 0 aliphatic heterocycles. The molecular weight excluding hydrogens is 200 g/mol. The Morgan fingerprint density at radius 3 is 2.86 bits per heavy atom. The molecule has 0 fully saturated rings. The van der Waals surface area contributed by atoms with Crippen molar-refractivity contribution in [2.75, 3.05) is 13.1 Å². The van der Waals surface area contributed by atoms with E-state index in [2.05, 4.69) is 5.32 Å². The average Bonchev–Trinajstić information content (AvgIpc) is 2.18. The van der Waals surface area contributed by atoms with Gasteiger partial charge in [-0.15, -0.1) is 0 Å². The van der Waals surface area contributed by atoms with E-state index in [4.69, 9.17) is 17.3 Å². The molecule has 75 valence electrons. The Morgan fingerprint density at radius 1 is 1.50 bits per heavy atom. The van der Waals surface area contributed by atoms with Crippen molar-refractivity contribution in [1.82, 2.24) is 5.32 Å². The molecule has 1 amide bonds. The van der Waals surface area contributed by atoms with Crippen molar-refractivity contribution in [3.05, 3.63) is 41.3 Å². The van der Waals surface area contributed by atoms with Gasteiger partial charge >= 0.3 is 0 Å². The molecule has 0 unspecified atom stereocenters. The van der Waals surface area contributed by atoms with Crippen molar-refractivity contribution in [3.63, 3.8) is 0 Å². The molecule has 14 heavy (non-hydrogen) atoms. The van der Waals surface area contributed by atoms with Crippen molar-refractivity contribution in [2.24, 2.45) is 5.73 Å². The quantitative estimate of drug-likeness (QED) is 0.780. The van der Waals surface area contributed by atoms with Gasteiger partial charge in [-0.05, 0) is 11.6 Å². The summed E-state index contributed by atoms with van der Waals surface area (Å²) in [6.45, 7) is 0.905. The van der Waals surface area contributed by atoms with Crippen molar-refractivity contribution in [3.8, 4) is 0 Å². The van der Waals surface area contributed by atoms with Gasteiger partial charge in [-0.1, -0.05) is 29.8 Å². The second-order valence-corrected chi connectivity index (χ2v) is 3.15. The molecule has 3 nitrogen and oxygen atoms in total. The Kier molecular flexibility index (Phi) is 4.43. The summed E-state index contributed by atoms with van der Waals surface area (Å²) in [5.41, 5.74) is 5.96. The highest BCUT2D eigenvalue weighted by molar-refractivity contribution is 6.31. The molecule has 0 atom stereocenters. The van der Waals surface area contributed by atoms with Crippen molar-refractivity contribution < 1.29 is 4.79 Å². The van der Waals surface area contributed by atoms with Gasteiger partial charge in [0.1, 0.15) is 0 Å². The molecule has 1 radical (unpaired) electrons. The van der Waals surface area contributed by atoms with E-state index in [0.29, 0.717) is 23.7 Å². The first-order valence-corrected chi connectivity index (χ1v) is 4.69. The van der Waals surface area contributed by atoms with Crippen LogP contribution in [0.1, 0.15) is 5.56 Å². The van der Waals surface area contributed by atoms with E-state index < -0.39 is 0 Å². The Balaban J connectivity index is 2.52. The van der Waals surface area contributed by atoms with Crippen LogP contribution in [0.15, 0.2) is 24.3 Å². The minimum absolute atomic E-state index is 0.177. The molecule has 1 aromatic carbocycles. The Bertz CT molecular complexity index is 315. The van der Waals surface area contributed by atoms with Crippen LogP contribution in [0.5, 0.6) is 0 Å². The molecule has 0 aliphatic carbocycles. The number of hydrogen-bond acceptors (Lipinski definition) is 2. The first-order valence-electron chi connectivity index (χ1n) is 4.31. The molecule has 1 aromatic rings. The van der Waals surface area contributed by atoms with Crippen LogP contribution < -0.4 is 11.1 Å². The summed E-state index contributed by atoms with van der Waals surface area (Å²) >= 11 is 5.87. The van der Waals surface area contributed by atoms with Gasteiger partial charge in [-0.3, -0.25) is 4.79 Å². The number of amides is 1. The summed E-state index contributed by atoms with van der Waals surface area (Å²) in [7, 11) is 0. The highest BCUT2D eigenvalue weighted by Crippen LogP contribution is 2.16. The van der Waals surface area contributed by atoms with E-state index in [0.717, 1.165) is 0 Å². The van der Waals surface area contributed by atoms with Gasteiger partial charge in [0.25, 0.3) is 0 Å². The first kappa shape index (κ1) is 11.0. The molecule has 1 rings (SSSR count). The maximum absolute atomic E-state index is 11.2. The largest absolute Gasteiger partial charge is 0.354 e. The number of benzene rings is 1. The molecule has 4 heteroatoms. The number of carbonyl (C=O) groups excluding carboxylic acids is 1. The summed E-state index contributed by atoms with van der Waals surface area (Å²) in [5.74, 6) is -0.177. The molecule has 0 aliphatic rings. The van der Waals surface area contributed by atoms with E-state index in [9.17, 15) is 4.79 Å². The first-order chi connectivity index (χ1) is 6.74. The lowest BCUT2D eigenvalue weighted by molar-refractivity contribution is -0.117. The van der Waals surface area contributed by atoms with Crippen LogP contribution in [0, 0.1) is 6.42 Å². The fourth-order valence-corrected chi connectivity index (χ4v) is 1.17. The molecule has 0 bridgehead atoms. The maximum atomic E-state index is 11.2. The Labute approximate surface area is 88.2 Å². The van der Waals surface area contributed by atoms with E-state index in [-0.39, 0.29) is 5.91 Å². The summed E-state index contributed by atoms with van der Waals surface area (Å²) in [6, 6.07) is 7.17. The smallest absolute Gasteiger partial charge is 0.228 e. The zero-order valence-electron chi connectivity index (χ0n) is 7.66. The highest BCUT2D eigenvalue weighted by Gasteiger charge is 2.05. The molecule has 0 saturated heterocycles. The SMILES string of the molecule is NCCNC(=O)[CH]c1ccccc1Cl. The Hall–Kier alpha value is -1.06.